The van der Waals surface area contributed by atoms with E-state index in [0.29, 0.717) is 17.9 Å². The van der Waals surface area contributed by atoms with E-state index in [1.54, 1.807) is 30.6 Å². The maximum absolute atomic E-state index is 13.6. The third kappa shape index (κ3) is 3.05. The lowest BCUT2D eigenvalue weighted by Gasteiger charge is -2.10. The zero-order valence-electron chi connectivity index (χ0n) is 9.57. The van der Waals surface area contributed by atoms with Crippen molar-refractivity contribution in [2.75, 3.05) is 7.11 Å². The van der Waals surface area contributed by atoms with Crippen molar-refractivity contribution in [3.63, 3.8) is 0 Å². The van der Waals surface area contributed by atoms with Crippen LogP contribution in [0.3, 0.4) is 0 Å². The quantitative estimate of drug-likeness (QED) is 0.881. The van der Waals surface area contributed by atoms with E-state index < -0.39 is 0 Å². The molecule has 2 nitrogen and oxygen atoms in total. The minimum atomic E-state index is -0.233. The molecule has 0 amide bonds. The van der Waals surface area contributed by atoms with Gasteiger partial charge in [0.25, 0.3) is 0 Å². The summed E-state index contributed by atoms with van der Waals surface area (Å²) >= 11 is 1.68. The Bertz CT molecular complexity index is 470. The molecule has 0 spiro atoms. The molecule has 90 valence electrons. The largest absolute Gasteiger partial charge is 0.496 e. The lowest BCUT2D eigenvalue weighted by molar-refractivity contribution is 0.402. The standard InChI is InChI=1S/C13H14FNOS/c1-16-13-6-2-5-12(14)11(13)9-15-8-10-4-3-7-17-10/h2-7,15H,8-9H2,1H3. The predicted molar refractivity (Wildman–Crippen MR) is 67.8 cm³/mol. The molecule has 0 radical (unpaired) electrons. The Labute approximate surface area is 104 Å². The molecule has 0 aliphatic rings. The molecule has 1 aromatic carbocycles. The molecule has 0 bridgehead atoms. The van der Waals surface area contributed by atoms with Crippen LogP contribution in [0.1, 0.15) is 10.4 Å². The van der Waals surface area contributed by atoms with Crippen molar-refractivity contribution in [2.45, 2.75) is 13.1 Å². The van der Waals surface area contributed by atoms with Gasteiger partial charge in [-0.15, -0.1) is 11.3 Å². The van der Waals surface area contributed by atoms with Gasteiger partial charge in [0.2, 0.25) is 0 Å². The molecule has 1 N–H and O–H groups in total. The van der Waals surface area contributed by atoms with Gasteiger partial charge in [-0.1, -0.05) is 12.1 Å². The van der Waals surface area contributed by atoms with Crippen molar-refractivity contribution < 1.29 is 9.13 Å². The Morgan fingerprint density at radius 2 is 2.12 bits per heavy atom. The summed E-state index contributed by atoms with van der Waals surface area (Å²) in [5.41, 5.74) is 0.576. The molecular formula is C13H14FNOS. The average Bonchev–Trinajstić information content (AvgIpc) is 2.84. The first-order valence-electron chi connectivity index (χ1n) is 5.35. The molecule has 2 rings (SSSR count). The zero-order chi connectivity index (χ0) is 12.1. The van der Waals surface area contributed by atoms with Gasteiger partial charge in [0, 0.05) is 23.5 Å². The van der Waals surface area contributed by atoms with Gasteiger partial charge in [0.05, 0.1) is 7.11 Å². The van der Waals surface area contributed by atoms with Crippen LogP contribution in [0.4, 0.5) is 4.39 Å². The molecule has 17 heavy (non-hydrogen) atoms. The topological polar surface area (TPSA) is 21.3 Å². The van der Waals surface area contributed by atoms with Gasteiger partial charge in [-0.2, -0.15) is 0 Å². The highest BCUT2D eigenvalue weighted by Gasteiger charge is 2.08. The summed E-state index contributed by atoms with van der Waals surface area (Å²) < 4.78 is 18.7. The number of ether oxygens (including phenoxy) is 1. The molecular weight excluding hydrogens is 237 g/mol. The first-order valence-corrected chi connectivity index (χ1v) is 6.23. The van der Waals surface area contributed by atoms with Crippen LogP contribution >= 0.6 is 11.3 Å². The fourth-order valence-corrected chi connectivity index (χ4v) is 2.30. The summed E-state index contributed by atoms with van der Waals surface area (Å²) in [7, 11) is 1.55. The van der Waals surface area contributed by atoms with Crippen molar-refractivity contribution in [3.8, 4) is 5.75 Å². The molecule has 0 aliphatic carbocycles. The molecule has 2 aromatic rings. The van der Waals surface area contributed by atoms with Crippen LogP contribution in [0.2, 0.25) is 0 Å². The van der Waals surface area contributed by atoms with Crippen molar-refractivity contribution in [1.29, 1.82) is 0 Å². The molecule has 0 atom stereocenters. The van der Waals surface area contributed by atoms with E-state index in [1.807, 2.05) is 11.4 Å². The average molecular weight is 251 g/mol. The van der Waals surface area contributed by atoms with Gasteiger partial charge < -0.3 is 10.1 Å². The molecule has 0 saturated heterocycles. The molecule has 0 aliphatic heterocycles. The van der Waals surface area contributed by atoms with E-state index in [4.69, 9.17) is 4.74 Å². The van der Waals surface area contributed by atoms with E-state index in [-0.39, 0.29) is 5.82 Å². The van der Waals surface area contributed by atoms with Crippen LogP contribution in [0.5, 0.6) is 5.75 Å². The fourth-order valence-electron chi connectivity index (χ4n) is 1.63. The van der Waals surface area contributed by atoms with E-state index in [1.165, 1.54) is 10.9 Å². The SMILES string of the molecule is COc1cccc(F)c1CNCc1cccs1. The van der Waals surface area contributed by atoms with Crippen LogP contribution in [0.15, 0.2) is 35.7 Å². The van der Waals surface area contributed by atoms with Crippen LogP contribution in [-0.4, -0.2) is 7.11 Å². The van der Waals surface area contributed by atoms with Crippen LogP contribution in [-0.2, 0) is 13.1 Å². The number of methoxy groups -OCH3 is 1. The molecule has 1 aromatic heterocycles. The fraction of sp³-hybridized carbons (Fsp3) is 0.231. The first-order chi connectivity index (χ1) is 8.31. The summed E-state index contributed by atoms with van der Waals surface area (Å²) in [6.45, 7) is 1.21. The van der Waals surface area contributed by atoms with Gasteiger partial charge in [-0.25, -0.2) is 4.39 Å². The Kier molecular flexibility index (Phi) is 4.12. The van der Waals surface area contributed by atoms with Gasteiger partial charge in [0.15, 0.2) is 0 Å². The van der Waals surface area contributed by atoms with Gasteiger partial charge in [-0.05, 0) is 23.6 Å². The summed E-state index contributed by atoms with van der Waals surface area (Å²) in [5, 5.41) is 5.24. The highest BCUT2D eigenvalue weighted by Crippen LogP contribution is 2.21. The maximum Gasteiger partial charge on any atom is 0.131 e. The Hall–Kier alpha value is -1.39. The van der Waals surface area contributed by atoms with E-state index in [2.05, 4.69) is 11.4 Å². The minimum Gasteiger partial charge on any atom is -0.496 e. The van der Waals surface area contributed by atoms with Gasteiger partial charge in [0.1, 0.15) is 11.6 Å². The van der Waals surface area contributed by atoms with E-state index >= 15 is 0 Å². The monoisotopic (exact) mass is 251 g/mol. The maximum atomic E-state index is 13.6. The highest BCUT2D eigenvalue weighted by atomic mass is 32.1. The van der Waals surface area contributed by atoms with Crippen LogP contribution < -0.4 is 10.1 Å². The number of thiophene rings is 1. The third-order valence-corrected chi connectivity index (χ3v) is 3.35. The van der Waals surface area contributed by atoms with E-state index in [0.717, 1.165) is 6.54 Å². The zero-order valence-corrected chi connectivity index (χ0v) is 10.4. The molecule has 0 unspecified atom stereocenters. The van der Waals surface area contributed by atoms with Crippen LogP contribution in [0, 0.1) is 5.82 Å². The number of hydrogen-bond donors (Lipinski definition) is 1. The molecule has 4 heteroatoms. The number of halogens is 1. The summed E-state index contributed by atoms with van der Waals surface area (Å²) in [6, 6.07) is 8.93. The second kappa shape index (κ2) is 5.80. The number of hydrogen-bond acceptors (Lipinski definition) is 3. The lowest BCUT2D eigenvalue weighted by atomic mass is 10.2. The van der Waals surface area contributed by atoms with Crippen molar-refractivity contribution >= 4 is 11.3 Å². The highest BCUT2D eigenvalue weighted by molar-refractivity contribution is 7.09. The smallest absolute Gasteiger partial charge is 0.131 e. The van der Waals surface area contributed by atoms with Crippen molar-refractivity contribution in [3.05, 3.63) is 52.0 Å². The van der Waals surface area contributed by atoms with Crippen LogP contribution in [0.25, 0.3) is 0 Å². The number of nitrogens with one attached hydrogen (secondary N) is 1. The van der Waals surface area contributed by atoms with E-state index in [9.17, 15) is 4.39 Å². The molecule has 1 heterocycles. The Balaban J connectivity index is 1.98. The second-order valence-electron chi connectivity index (χ2n) is 3.60. The summed E-state index contributed by atoms with van der Waals surface area (Å²) in [6.07, 6.45) is 0. The molecule has 0 saturated carbocycles. The Morgan fingerprint density at radius 3 is 2.82 bits per heavy atom. The minimum absolute atomic E-state index is 0.233. The van der Waals surface area contributed by atoms with Crippen molar-refractivity contribution in [2.24, 2.45) is 0 Å². The number of rotatable bonds is 5. The third-order valence-electron chi connectivity index (χ3n) is 2.48. The second-order valence-corrected chi connectivity index (χ2v) is 4.64. The Morgan fingerprint density at radius 1 is 1.24 bits per heavy atom. The predicted octanol–water partition coefficient (Wildman–Crippen LogP) is 3.19. The van der Waals surface area contributed by atoms with Gasteiger partial charge >= 0.3 is 0 Å². The lowest BCUT2D eigenvalue weighted by Crippen LogP contribution is -2.13. The van der Waals surface area contributed by atoms with Gasteiger partial charge in [-0.3, -0.25) is 0 Å². The normalized spacial score (nSPS) is 10.5. The summed E-state index contributed by atoms with van der Waals surface area (Å²) in [4.78, 5) is 1.24. The van der Waals surface area contributed by atoms with Crippen molar-refractivity contribution in [1.82, 2.24) is 5.32 Å². The number of benzene rings is 1. The molecule has 0 fully saturated rings. The first kappa shape index (κ1) is 12.1. The summed E-state index contributed by atoms with van der Waals surface area (Å²) in [5.74, 6) is 0.353.